The number of unbranched alkanes of at least 4 members (excludes halogenated alkanes) is 30. The molecule has 0 N–H and O–H groups in total. The van der Waals surface area contributed by atoms with Crippen LogP contribution in [0.15, 0.2) is 97.2 Å². The number of rotatable bonds is 57. The van der Waals surface area contributed by atoms with Gasteiger partial charge in [0.2, 0.25) is 0 Å². The van der Waals surface area contributed by atoms with Crippen molar-refractivity contribution in [2.75, 3.05) is 13.2 Å². The lowest BCUT2D eigenvalue weighted by atomic mass is 10.0. The van der Waals surface area contributed by atoms with Gasteiger partial charge in [0.05, 0.1) is 0 Å². The van der Waals surface area contributed by atoms with Gasteiger partial charge < -0.3 is 14.2 Å². The summed E-state index contributed by atoms with van der Waals surface area (Å²) >= 11 is 0. The maximum absolute atomic E-state index is 12.9. The molecule has 1 unspecified atom stereocenters. The van der Waals surface area contributed by atoms with E-state index in [4.69, 9.17) is 14.2 Å². The van der Waals surface area contributed by atoms with E-state index in [0.717, 1.165) is 96.3 Å². The summed E-state index contributed by atoms with van der Waals surface area (Å²) in [6.45, 7) is 6.49. The summed E-state index contributed by atoms with van der Waals surface area (Å²) in [5.41, 5.74) is 0. The molecule has 0 saturated carbocycles. The van der Waals surface area contributed by atoms with Gasteiger partial charge in [-0.25, -0.2) is 0 Å². The highest BCUT2D eigenvalue weighted by atomic mass is 16.6. The molecule has 0 aromatic heterocycles. The number of hydrogen-bond acceptors (Lipinski definition) is 6. The number of esters is 3. The molecule has 0 radical (unpaired) electrons. The third-order valence-electron chi connectivity index (χ3n) is 13.6. The molecule has 0 aliphatic carbocycles. The van der Waals surface area contributed by atoms with Gasteiger partial charge in [-0.2, -0.15) is 0 Å². The topological polar surface area (TPSA) is 78.9 Å². The summed E-state index contributed by atoms with van der Waals surface area (Å²) < 4.78 is 16.9. The molecule has 75 heavy (non-hydrogen) atoms. The summed E-state index contributed by atoms with van der Waals surface area (Å²) in [5.74, 6) is -0.956. The van der Waals surface area contributed by atoms with E-state index in [1.54, 1.807) is 0 Å². The molecule has 0 aliphatic heterocycles. The van der Waals surface area contributed by atoms with Gasteiger partial charge >= 0.3 is 17.9 Å². The number of allylic oxidation sites excluding steroid dienone is 16. The summed E-state index contributed by atoms with van der Waals surface area (Å²) in [7, 11) is 0. The van der Waals surface area contributed by atoms with E-state index in [1.807, 2.05) is 0 Å². The van der Waals surface area contributed by atoms with Gasteiger partial charge in [0.25, 0.3) is 0 Å². The van der Waals surface area contributed by atoms with Crippen LogP contribution in [0, 0.1) is 0 Å². The lowest BCUT2D eigenvalue weighted by Gasteiger charge is -2.18. The minimum Gasteiger partial charge on any atom is -0.462 e. The van der Waals surface area contributed by atoms with Gasteiger partial charge in [0, 0.05) is 19.3 Å². The van der Waals surface area contributed by atoms with Gasteiger partial charge in [-0.05, 0) is 96.3 Å². The quantitative estimate of drug-likeness (QED) is 0.0261. The van der Waals surface area contributed by atoms with E-state index >= 15 is 0 Å². The summed E-state index contributed by atoms with van der Waals surface area (Å²) in [5, 5.41) is 0. The highest BCUT2D eigenvalue weighted by molar-refractivity contribution is 5.71. The van der Waals surface area contributed by atoms with Crippen LogP contribution in [0.3, 0.4) is 0 Å². The van der Waals surface area contributed by atoms with E-state index in [9.17, 15) is 14.4 Å². The van der Waals surface area contributed by atoms with Crippen molar-refractivity contribution in [3.63, 3.8) is 0 Å². The van der Waals surface area contributed by atoms with E-state index in [-0.39, 0.29) is 37.5 Å². The first-order valence-electron chi connectivity index (χ1n) is 31.7. The zero-order valence-electron chi connectivity index (χ0n) is 49.3. The van der Waals surface area contributed by atoms with E-state index in [0.29, 0.717) is 19.3 Å². The van der Waals surface area contributed by atoms with Crippen molar-refractivity contribution in [1.82, 2.24) is 0 Å². The van der Waals surface area contributed by atoms with Crippen LogP contribution in [0.25, 0.3) is 0 Å². The van der Waals surface area contributed by atoms with Crippen LogP contribution >= 0.6 is 0 Å². The van der Waals surface area contributed by atoms with Crippen molar-refractivity contribution in [2.45, 2.75) is 309 Å². The van der Waals surface area contributed by atoms with Crippen LogP contribution in [0.5, 0.6) is 0 Å². The van der Waals surface area contributed by atoms with E-state index in [2.05, 4.69) is 118 Å². The average molecular weight is 1040 g/mol. The number of carbonyl (C=O) groups is 3. The van der Waals surface area contributed by atoms with Crippen molar-refractivity contribution >= 4 is 17.9 Å². The van der Waals surface area contributed by atoms with Crippen molar-refractivity contribution in [1.29, 1.82) is 0 Å². The first-order chi connectivity index (χ1) is 37.0. The van der Waals surface area contributed by atoms with Gasteiger partial charge in [-0.3, -0.25) is 14.4 Å². The third-order valence-corrected chi connectivity index (χ3v) is 13.6. The molecule has 0 aromatic rings. The second-order valence-electron chi connectivity index (χ2n) is 20.9. The Morgan fingerprint density at radius 2 is 0.533 bits per heavy atom. The molecule has 1 atom stereocenters. The van der Waals surface area contributed by atoms with E-state index in [1.165, 1.54) is 161 Å². The van der Waals surface area contributed by atoms with Crippen molar-refractivity contribution in [2.24, 2.45) is 0 Å². The Balaban J connectivity index is 4.45. The Hall–Kier alpha value is -3.67. The molecule has 0 fully saturated rings. The molecular formula is C69H118O6. The lowest BCUT2D eigenvalue weighted by Crippen LogP contribution is -2.30. The number of carbonyl (C=O) groups excluding carboxylic acids is 3. The fourth-order valence-electron chi connectivity index (χ4n) is 8.84. The Morgan fingerprint density at radius 3 is 0.880 bits per heavy atom. The highest BCUT2D eigenvalue weighted by Crippen LogP contribution is 2.16. The van der Waals surface area contributed by atoms with Gasteiger partial charge in [0.1, 0.15) is 13.2 Å². The molecule has 6 heteroatoms. The second kappa shape index (κ2) is 62.9. The molecular weight excluding hydrogens is 925 g/mol. The maximum atomic E-state index is 12.9. The molecule has 0 amide bonds. The smallest absolute Gasteiger partial charge is 0.306 e. The molecule has 430 valence electrons. The van der Waals surface area contributed by atoms with Crippen LogP contribution in [0.4, 0.5) is 0 Å². The zero-order chi connectivity index (χ0) is 54.3. The average Bonchev–Trinajstić information content (AvgIpc) is 3.41. The Morgan fingerprint density at radius 1 is 0.280 bits per heavy atom. The Bertz CT molecular complexity index is 1480. The standard InChI is InChI=1S/C69H118O6/c1-4-7-10-13-16-19-22-25-28-30-32-34-35-36-38-39-41-44-47-50-53-56-59-62-68(71)74-65-66(64-73-67(70)61-58-55-52-49-46-43-27-24-21-18-15-12-9-6-3)75-69(72)63-60-57-54-51-48-45-42-40-37-33-31-29-26-23-20-17-14-11-8-5-2/h7,10,16,19,24-25,27-28,32,34,36,38,41,44,50,53,66H,4-6,8-9,11-15,17-18,20-23,26,29-31,33,35,37,39-40,42-43,45-49,51-52,54-65H2,1-3H3/b10-7-,19-16-,27-24-,28-25-,34-32-,38-36-,44-41-,53-50-. The van der Waals surface area contributed by atoms with E-state index < -0.39 is 6.10 Å². The van der Waals surface area contributed by atoms with Crippen LogP contribution in [-0.4, -0.2) is 37.2 Å². The molecule has 0 rings (SSSR count). The van der Waals surface area contributed by atoms with Crippen LogP contribution < -0.4 is 0 Å². The predicted octanol–water partition coefficient (Wildman–Crippen LogP) is 21.7. The Kier molecular flexibility index (Phi) is 59.8. The highest BCUT2D eigenvalue weighted by Gasteiger charge is 2.19. The van der Waals surface area contributed by atoms with Crippen LogP contribution in [0.1, 0.15) is 303 Å². The minimum atomic E-state index is -0.804. The predicted molar refractivity (Wildman–Crippen MR) is 325 cm³/mol. The lowest BCUT2D eigenvalue weighted by molar-refractivity contribution is -0.167. The normalized spacial score (nSPS) is 12.7. The van der Waals surface area contributed by atoms with Crippen molar-refractivity contribution in [3.05, 3.63) is 97.2 Å². The second-order valence-corrected chi connectivity index (χ2v) is 20.9. The molecule has 0 heterocycles. The molecule has 0 saturated heterocycles. The van der Waals surface area contributed by atoms with Gasteiger partial charge in [-0.15, -0.1) is 0 Å². The zero-order valence-corrected chi connectivity index (χ0v) is 49.3. The maximum Gasteiger partial charge on any atom is 0.306 e. The third kappa shape index (κ3) is 61.1. The molecule has 0 bridgehead atoms. The van der Waals surface area contributed by atoms with Gasteiger partial charge in [-0.1, -0.05) is 285 Å². The first kappa shape index (κ1) is 71.3. The fraction of sp³-hybridized carbons (Fsp3) is 0.725. The number of ether oxygens (including phenoxy) is 3. The van der Waals surface area contributed by atoms with Crippen LogP contribution in [-0.2, 0) is 28.6 Å². The molecule has 0 aromatic carbocycles. The van der Waals surface area contributed by atoms with Crippen molar-refractivity contribution < 1.29 is 28.6 Å². The molecule has 0 aliphatic rings. The Labute approximate surface area is 464 Å². The summed E-state index contributed by atoms with van der Waals surface area (Å²) in [4.78, 5) is 38.3. The van der Waals surface area contributed by atoms with Crippen molar-refractivity contribution in [3.8, 4) is 0 Å². The largest absolute Gasteiger partial charge is 0.462 e. The summed E-state index contributed by atoms with van der Waals surface area (Å²) in [6, 6.07) is 0. The molecule has 6 nitrogen and oxygen atoms in total. The molecule has 0 spiro atoms. The summed E-state index contributed by atoms with van der Waals surface area (Å²) in [6.07, 6.45) is 84.2. The minimum absolute atomic E-state index is 0.0978. The SMILES string of the molecule is CC/C=C\C/C=C\C/C=C\C/C=C\C/C=C\C/C=C\C/C=C\CCCC(=O)OCC(COC(=O)CCCCCCC/C=C\CCCCCCC)OC(=O)CCCCCCCCCCCCCCCCCCCCCC. The van der Waals surface area contributed by atoms with Crippen LogP contribution in [0.2, 0.25) is 0 Å². The first-order valence-corrected chi connectivity index (χ1v) is 31.7. The van der Waals surface area contributed by atoms with Gasteiger partial charge in [0.15, 0.2) is 6.10 Å². The monoisotopic (exact) mass is 1040 g/mol. The fourth-order valence-corrected chi connectivity index (χ4v) is 8.84. The number of hydrogen-bond donors (Lipinski definition) is 0.